The van der Waals surface area contributed by atoms with Gasteiger partial charge < -0.3 is 5.73 Å². The lowest BCUT2D eigenvalue weighted by Crippen LogP contribution is -2.05. The average molecular weight is 240 g/mol. The van der Waals surface area contributed by atoms with Crippen LogP contribution in [0.4, 0.5) is 0 Å². The quantitative estimate of drug-likeness (QED) is 0.791. The lowest BCUT2D eigenvalue weighted by Gasteiger charge is -1.99. The molecule has 0 aliphatic heterocycles. The van der Waals surface area contributed by atoms with Crippen LogP contribution in [0, 0.1) is 6.92 Å². The van der Waals surface area contributed by atoms with Crippen LogP contribution in [0.3, 0.4) is 0 Å². The Kier molecular flexibility index (Phi) is 3.25. The van der Waals surface area contributed by atoms with E-state index in [1.807, 2.05) is 25.1 Å². The Hall–Kier alpha value is -1.09. The summed E-state index contributed by atoms with van der Waals surface area (Å²) >= 11 is 3.38. The van der Waals surface area contributed by atoms with Crippen LogP contribution in [-0.2, 0) is 4.79 Å². The topological polar surface area (TPSA) is 43.1 Å². The fourth-order valence-corrected chi connectivity index (χ4v) is 1.34. The number of hydrogen-bond acceptors (Lipinski definition) is 1. The van der Waals surface area contributed by atoms with Gasteiger partial charge in [-0.3, -0.25) is 4.79 Å². The van der Waals surface area contributed by atoms with Crippen molar-refractivity contribution >= 4 is 27.9 Å². The van der Waals surface area contributed by atoms with Gasteiger partial charge in [0.05, 0.1) is 0 Å². The molecule has 3 heteroatoms. The van der Waals surface area contributed by atoms with Gasteiger partial charge in [-0.1, -0.05) is 33.6 Å². The fourth-order valence-electron chi connectivity index (χ4n) is 0.963. The van der Waals surface area contributed by atoms with Crippen LogP contribution in [-0.4, -0.2) is 5.91 Å². The molecule has 0 heterocycles. The molecule has 2 nitrogen and oxygen atoms in total. The highest BCUT2D eigenvalue weighted by Gasteiger charge is 1.95. The lowest BCUT2D eigenvalue weighted by atomic mass is 10.1. The second-order valence-electron chi connectivity index (χ2n) is 2.76. The van der Waals surface area contributed by atoms with Crippen LogP contribution < -0.4 is 5.73 Å². The molecule has 68 valence electrons. The zero-order valence-electron chi connectivity index (χ0n) is 7.25. The van der Waals surface area contributed by atoms with Gasteiger partial charge in [-0.2, -0.15) is 0 Å². The number of nitrogens with two attached hydrogens (primary N) is 1. The Bertz CT molecular complexity index is 358. The molecule has 0 saturated heterocycles. The summed E-state index contributed by atoms with van der Waals surface area (Å²) in [6, 6.07) is 5.91. The van der Waals surface area contributed by atoms with E-state index in [0.717, 1.165) is 15.6 Å². The maximum Gasteiger partial charge on any atom is 0.241 e. The number of rotatable bonds is 2. The van der Waals surface area contributed by atoms with E-state index < -0.39 is 5.91 Å². The molecule has 0 bridgehead atoms. The summed E-state index contributed by atoms with van der Waals surface area (Å²) in [6.07, 6.45) is 3.04. The smallest absolute Gasteiger partial charge is 0.241 e. The minimum atomic E-state index is -0.437. The first-order chi connectivity index (χ1) is 6.09. The van der Waals surface area contributed by atoms with E-state index >= 15 is 0 Å². The second-order valence-corrected chi connectivity index (χ2v) is 3.62. The van der Waals surface area contributed by atoms with Gasteiger partial charge in [0.25, 0.3) is 0 Å². The Balaban J connectivity index is 3.00. The van der Waals surface area contributed by atoms with Crippen LogP contribution >= 0.6 is 15.9 Å². The van der Waals surface area contributed by atoms with Crippen LogP contribution in [0.1, 0.15) is 11.1 Å². The number of halogens is 1. The van der Waals surface area contributed by atoms with E-state index in [1.165, 1.54) is 6.08 Å². The molecule has 0 aromatic heterocycles. The van der Waals surface area contributed by atoms with E-state index in [1.54, 1.807) is 6.08 Å². The number of carbonyl (C=O) groups excluding carboxylic acids is 1. The Morgan fingerprint density at radius 3 is 2.85 bits per heavy atom. The average Bonchev–Trinajstić information content (AvgIpc) is 2.06. The monoisotopic (exact) mass is 239 g/mol. The molecule has 0 aliphatic rings. The van der Waals surface area contributed by atoms with Gasteiger partial charge >= 0.3 is 0 Å². The Morgan fingerprint density at radius 2 is 2.23 bits per heavy atom. The SMILES string of the molecule is Cc1ccc(Br)c(/C=C/C(N)=O)c1. The molecule has 0 spiro atoms. The third-order valence-corrected chi connectivity index (χ3v) is 2.30. The van der Waals surface area contributed by atoms with E-state index in [-0.39, 0.29) is 0 Å². The summed E-state index contributed by atoms with van der Waals surface area (Å²) in [4.78, 5) is 10.5. The number of carbonyl (C=O) groups is 1. The van der Waals surface area contributed by atoms with Crippen molar-refractivity contribution in [1.29, 1.82) is 0 Å². The second kappa shape index (κ2) is 4.23. The first-order valence-corrected chi connectivity index (χ1v) is 4.62. The van der Waals surface area contributed by atoms with Crippen LogP contribution in [0.2, 0.25) is 0 Å². The molecule has 1 rings (SSSR count). The van der Waals surface area contributed by atoms with Gasteiger partial charge in [0, 0.05) is 10.5 Å². The summed E-state index contributed by atoms with van der Waals surface area (Å²) in [7, 11) is 0. The normalized spacial score (nSPS) is 10.6. The molecule has 0 radical (unpaired) electrons. The van der Waals surface area contributed by atoms with Gasteiger partial charge in [0.2, 0.25) is 5.91 Å². The van der Waals surface area contributed by atoms with Crippen LogP contribution in [0.15, 0.2) is 28.7 Å². The van der Waals surface area contributed by atoms with Crippen molar-refractivity contribution in [2.24, 2.45) is 5.73 Å². The molecular formula is C10H10BrNO. The molecule has 0 fully saturated rings. The highest BCUT2D eigenvalue weighted by molar-refractivity contribution is 9.10. The van der Waals surface area contributed by atoms with Gasteiger partial charge in [-0.15, -0.1) is 0 Å². The fraction of sp³-hybridized carbons (Fsp3) is 0.100. The number of aryl methyl sites for hydroxylation is 1. The van der Waals surface area contributed by atoms with E-state index in [0.29, 0.717) is 0 Å². The Morgan fingerprint density at radius 1 is 1.54 bits per heavy atom. The van der Waals surface area contributed by atoms with Crippen LogP contribution in [0.25, 0.3) is 6.08 Å². The highest BCUT2D eigenvalue weighted by atomic mass is 79.9. The minimum absolute atomic E-state index is 0.437. The van der Waals surface area contributed by atoms with Crippen molar-refractivity contribution in [1.82, 2.24) is 0 Å². The molecule has 0 atom stereocenters. The molecule has 2 N–H and O–H groups in total. The standard InChI is InChI=1S/C10H10BrNO/c1-7-2-4-9(11)8(6-7)3-5-10(12)13/h2-6H,1H3,(H2,12,13)/b5-3+. The molecule has 0 aliphatic carbocycles. The lowest BCUT2D eigenvalue weighted by molar-refractivity contribution is -0.113. The summed E-state index contributed by atoms with van der Waals surface area (Å²) in [5.41, 5.74) is 7.09. The van der Waals surface area contributed by atoms with Crippen molar-refractivity contribution < 1.29 is 4.79 Å². The largest absolute Gasteiger partial charge is 0.366 e. The molecule has 0 unspecified atom stereocenters. The van der Waals surface area contributed by atoms with E-state index in [9.17, 15) is 4.79 Å². The number of amides is 1. The Labute approximate surface area is 85.6 Å². The number of hydrogen-bond donors (Lipinski definition) is 1. The minimum Gasteiger partial charge on any atom is -0.366 e. The highest BCUT2D eigenvalue weighted by Crippen LogP contribution is 2.19. The number of benzene rings is 1. The predicted molar refractivity (Wildman–Crippen MR) is 57.1 cm³/mol. The first kappa shape index (κ1) is 9.99. The zero-order chi connectivity index (χ0) is 9.84. The third-order valence-electron chi connectivity index (χ3n) is 1.58. The van der Waals surface area contributed by atoms with E-state index in [4.69, 9.17) is 5.73 Å². The maximum atomic E-state index is 10.5. The molecule has 1 amide bonds. The maximum absolute atomic E-state index is 10.5. The van der Waals surface area contributed by atoms with E-state index in [2.05, 4.69) is 15.9 Å². The van der Waals surface area contributed by atoms with Gasteiger partial charge in [0.1, 0.15) is 0 Å². The summed E-state index contributed by atoms with van der Waals surface area (Å²) in [6.45, 7) is 1.99. The van der Waals surface area contributed by atoms with Crippen LogP contribution in [0.5, 0.6) is 0 Å². The summed E-state index contributed by atoms with van der Waals surface area (Å²) in [5.74, 6) is -0.437. The van der Waals surface area contributed by atoms with Crippen molar-refractivity contribution in [2.45, 2.75) is 6.92 Å². The first-order valence-electron chi connectivity index (χ1n) is 3.83. The summed E-state index contributed by atoms with van der Waals surface area (Å²) < 4.78 is 0.954. The van der Waals surface area contributed by atoms with Crippen molar-refractivity contribution in [3.8, 4) is 0 Å². The zero-order valence-corrected chi connectivity index (χ0v) is 8.84. The molecular weight excluding hydrogens is 230 g/mol. The van der Waals surface area contributed by atoms with Crippen molar-refractivity contribution in [3.05, 3.63) is 39.9 Å². The molecule has 13 heavy (non-hydrogen) atoms. The predicted octanol–water partition coefficient (Wildman–Crippen LogP) is 2.26. The van der Waals surface area contributed by atoms with Crippen molar-refractivity contribution in [3.63, 3.8) is 0 Å². The molecule has 1 aromatic rings. The molecule has 1 aromatic carbocycles. The van der Waals surface area contributed by atoms with Gasteiger partial charge in [0.15, 0.2) is 0 Å². The van der Waals surface area contributed by atoms with Crippen molar-refractivity contribution in [2.75, 3.05) is 0 Å². The molecule has 0 saturated carbocycles. The van der Waals surface area contributed by atoms with Gasteiger partial charge in [-0.05, 0) is 24.6 Å². The van der Waals surface area contributed by atoms with Gasteiger partial charge in [-0.25, -0.2) is 0 Å². The third kappa shape index (κ3) is 3.03. The number of primary amides is 1. The summed E-state index contributed by atoms with van der Waals surface area (Å²) in [5, 5.41) is 0.